The lowest BCUT2D eigenvalue weighted by Gasteiger charge is -2.22. The van der Waals surface area contributed by atoms with Gasteiger partial charge in [-0.2, -0.15) is 0 Å². The van der Waals surface area contributed by atoms with Crippen molar-refractivity contribution in [1.82, 2.24) is 5.32 Å². The largest absolute Gasteiger partial charge is 0.383 e. The molecule has 15 heavy (non-hydrogen) atoms. The van der Waals surface area contributed by atoms with Crippen molar-refractivity contribution in [2.24, 2.45) is 11.7 Å². The van der Waals surface area contributed by atoms with Gasteiger partial charge in [-0.1, -0.05) is 0 Å². The van der Waals surface area contributed by atoms with Crippen LogP contribution in [0.2, 0.25) is 0 Å². The molecule has 0 bridgehead atoms. The number of methoxy groups -OCH3 is 1. The van der Waals surface area contributed by atoms with Crippen LogP contribution in [-0.2, 0) is 14.3 Å². The average molecular weight is 216 g/mol. The third kappa shape index (κ3) is 4.59. The lowest BCUT2D eigenvalue weighted by Crippen LogP contribution is -2.45. The molecule has 1 aliphatic heterocycles. The quantitative estimate of drug-likeness (QED) is 0.650. The molecule has 1 heterocycles. The molecule has 3 N–H and O–H groups in total. The predicted molar refractivity (Wildman–Crippen MR) is 56.4 cm³/mol. The number of carbonyl (C=O) groups excluding carboxylic acids is 1. The monoisotopic (exact) mass is 216 g/mol. The first-order valence-corrected chi connectivity index (χ1v) is 5.34. The molecule has 88 valence electrons. The van der Waals surface area contributed by atoms with Crippen molar-refractivity contribution >= 4 is 5.91 Å². The highest BCUT2D eigenvalue weighted by Gasteiger charge is 2.17. The number of nitrogens with one attached hydrogen (secondary N) is 1. The summed E-state index contributed by atoms with van der Waals surface area (Å²) >= 11 is 0. The molecule has 1 amide bonds. The zero-order valence-corrected chi connectivity index (χ0v) is 9.20. The minimum absolute atomic E-state index is 0.151. The Kier molecular flexibility index (Phi) is 5.60. The highest BCUT2D eigenvalue weighted by molar-refractivity contribution is 5.81. The molecule has 5 heteroatoms. The zero-order chi connectivity index (χ0) is 11.1. The van der Waals surface area contributed by atoms with Gasteiger partial charge in [0.25, 0.3) is 0 Å². The first kappa shape index (κ1) is 12.4. The van der Waals surface area contributed by atoms with Gasteiger partial charge < -0.3 is 20.5 Å². The van der Waals surface area contributed by atoms with E-state index in [4.69, 9.17) is 15.2 Å². The van der Waals surface area contributed by atoms with E-state index in [1.54, 1.807) is 0 Å². The highest BCUT2D eigenvalue weighted by Crippen LogP contribution is 2.11. The van der Waals surface area contributed by atoms with Crippen LogP contribution in [-0.4, -0.2) is 45.4 Å². The molecule has 0 spiro atoms. The van der Waals surface area contributed by atoms with E-state index in [9.17, 15) is 4.79 Å². The number of hydrogen-bond acceptors (Lipinski definition) is 4. The van der Waals surface area contributed by atoms with Crippen LogP contribution >= 0.6 is 0 Å². The van der Waals surface area contributed by atoms with E-state index in [2.05, 4.69) is 5.32 Å². The maximum absolute atomic E-state index is 11.4. The van der Waals surface area contributed by atoms with Crippen LogP contribution < -0.4 is 11.1 Å². The molecular formula is C10H20N2O3. The first-order valence-electron chi connectivity index (χ1n) is 5.34. The van der Waals surface area contributed by atoms with E-state index in [1.807, 2.05) is 0 Å². The molecule has 1 saturated heterocycles. The second-order valence-corrected chi connectivity index (χ2v) is 3.89. The Morgan fingerprint density at radius 3 is 3.13 bits per heavy atom. The normalized spacial score (nSPS) is 23.5. The zero-order valence-electron chi connectivity index (χ0n) is 9.20. The maximum atomic E-state index is 11.4. The van der Waals surface area contributed by atoms with Gasteiger partial charge >= 0.3 is 0 Å². The summed E-state index contributed by atoms with van der Waals surface area (Å²) in [5.74, 6) is 0.278. The Morgan fingerprint density at radius 2 is 2.53 bits per heavy atom. The van der Waals surface area contributed by atoms with Crippen LogP contribution in [0.4, 0.5) is 0 Å². The molecular weight excluding hydrogens is 196 g/mol. The molecule has 0 radical (unpaired) electrons. The van der Waals surface area contributed by atoms with E-state index >= 15 is 0 Å². The van der Waals surface area contributed by atoms with Crippen LogP contribution in [0.15, 0.2) is 0 Å². The minimum Gasteiger partial charge on any atom is -0.383 e. The Balaban J connectivity index is 2.14. The van der Waals surface area contributed by atoms with Crippen molar-refractivity contribution < 1.29 is 14.3 Å². The third-order valence-electron chi connectivity index (χ3n) is 2.50. The van der Waals surface area contributed by atoms with Crippen molar-refractivity contribution in [3.8, 4) is 0 Å². The highest BCUT2D eigenvalue weighted by atomic mass is 16.5. The van der Waals surface area contributed by atoms with Crippen molar-refractivity contribution in [2.45, 2.75) is 18.9 Å². The first-order chi connectivity index (χ1) is 7.24. The Morgan fingerprint density at radius 1 is 1.73 bits per heavy atom. The topological polar surface area (TPSA) is 73.6 Å². The van der Waals surface area contributed by atoms with Crippen LogP contribution in [0.1, 0.15) is 12.8 Å². The molecule has 2 unspecified atom stereocenters. The summed E-state index contributed by atoms with van der Waals surface area (Å²) in [6.07, 6.45) is 2.18. The van der Waals surface area contributed by atoms with Gasteiger partial charge in [0.15, 0.2) is 0 Å². The molecule has 1 fully saturated rings. The molecule has 0 aliphatic carbocycles. The van der Waals surface area contributed by atoms with Gasteiger partial charge in [-0.15, -0.1) is 0 Å². The van der Waals surface area contributed by atoms with Gasteiger partial charge in [0, 0.05) is 20.3 Å². The van der Waals surface area contributed by atoms with E-state index in [-0.39, 0.29) is 12.5 Å². The summed E-state index contributed by atoms with van der Waals surface area (Å²) in [5, 5.41) is 2.81. The standard InChI is InChI=1S/C10H20N2O3/c1-14-7-9(11)10(13)12-5-8-3-2-4-15-6-8/h8-9H,2-7,11H2,1H3,(H,12,13). The fourth-order valence-corrected chi connectivity index (χ4v) is 1.60. The van der Waals surface area contributed by atoms with E-state index in [0.717, 1.165) is 26.1 Å². The molecule has 0 saturated carbocycles. The number of ether oxygens (including phenoxy) is 2. The van der Waals surface area contributed by atoms with Crippen molar-refractivity contribution in [3.63, 3.8) is 0 Å². The molecule has 1 aliphatic rings. The summed E-state index contributed by atoms with van der Waals surface area (Å²) in [4.78, 5) is 11.4. The maximum Gasteiger partial charge on any atom is 0.239 e. The Labute approximate surface area is 90.3 Å². The molecule has 0 aromatic rings. The van der Waals surface area contributed by atoms with Gasteiger partial charge in [0.05, 0.1) is 13.2 Å². The van der Waals surface area contributed by atoms with Crippen molar-refractivity contribution in [2.75, 3.05) is 33.5 Å². The van der Waals surface area contributed by atoms with Crippen molar-refractivity contribution in [1.29, 1.82) is 0 Å². The van der Waals surface area contributed by atoms with E-state index in [0.29, 0.717) is 12.5 Å². The molecule has 5 nitrogen and oxygen atoms in total. The number of amides is 1. The van der Waals surface area contributed by atoms with Crippen LogP contribution in [0, 0.1) is 5.92 Å². The van der Waals surface area contributed by atoms with Gasteiger partial charge in [0.2, 0.25) is 5.91 Å². The molecule has 1 rings (SSSR count). The second kappa shape index (κ2) is 6.76. The smallest absolute Gasteiger partial charge is 0.239 e. The lowest BCUT2D eigenvalue weighted by atomic mass is 10.0. The Hall–Kier alpha value is -0.650. The number of hydrogen-bond donors (Lipinski definition) is 2. The number of rotatable bonds is 5. The second-order valence-electron chi connectivity index (χ2n) is 3.89. The molecule has 0 aromatic carbocycles. The van der Waals surface area contributed by atoms with Gasteiger partial charge in [-0.05, 0) is 18.8 Å². The lowest BCUT2D eigenvalue weighted by molar-refractivity contribution is -0.123. The van der Waals surface area contributed by atoms with Crippen LogP contribution in [0.25, 0.3) is 0 Å². The van der Waals surface area contributed by atoms with Crippen molar-refractivity contribution in [3.05, 3.63) is 0 Å². The van der Waals surface area contributed by atoms with Gasteiger partial charge in [0.1, 0.15) is 6.04 Å². The van der Waals surface area contributed by atoms with Crippen LogP contribution in [0.5, 0.6) is 0 Å². The minimum atomic E-state index is -0.570. The van der Waals surface area contributed by atoms with Gasteiger partial charge in [-0.25, -0.2) is 0 Å². The fraction of sp³-hybridized carbons (Fsp3) is 0.900. The predicted octanol–water partition coefficient (Wildman–Crippen LogP) is -0.497. The number of carbonyl (C=O) groups is 1. The third-order valence-corrected chi connectivity index (χ3v) is 2.50. The summed E-state index contributed by atoms with van der Waals surface area (Å²) in [5.41, 5.74) is 5.58. The Bertz CT molecular complexity index is 193. The summed E-state index contributed by atoms with van der Waals surface area (Å²) in [7, 11) is 1.53. The fourth-order valence-electron chi connectivity index (χ4n) is 1.60. The molecule has 0 aromatic heterocycles. The van der Waals surface area contributed by atoms with Gasteiger partial charge in [-0.3, -0.25) is 4.79 Å². The summed E-state index contributed by atoms with van der Waals surface area (Å²) in [6.45, 7) is 2.48. The van der Waals surface area contributed by atoms with E-state index in [1.165, 1.54) is 7.11 Å². The SMILES string of the molecule is COCC(N)C(=O)NCC1CCCOC1. The van der Waals surface area contributed by atoms with E-state index < -0.39 is 6.04 Å². The number of nitrogens with two attached hydrogens (primary N) is 1. The average Bonchev–Trinajstić information content (AvgIpc) is 2.27. The van der Waals surface area contributed by atoms with Crippen LogP contribution in [0.3, 0.4) is 0 Å². The summed E-state index contributed by atoms with van der Waals surface area (Å²) in [6, 6.07) is -0.570. The molecule has 2 atom stereocenters. The summed E-state index contributed by atoms with van der Waals surface area (Å²) < 4.78 is 10.1.